The van der Waals surface area contributed by atoms with Crippen molar-refractivity contribution in [2.45, 2.75) is 13.8 Å². The van der Waals surface area contributed by atoms with Crippen molar-refractivity contribution < 1.29 is 8.85 Å². The molecule has 0 spiro atoms. The third-order valence-electron chi connectivity index (χ3n) is 1.71. The van der Waals surface area contributed by atoms with Gasteiger partial charge in [-0.2, -0.15) is 0 Å². The topological polar surface area (TPSA) is 18.5 Å². The molecule has 1 rings (SSSR count). The molecule has 0 radical (unpaired) electrons. The van der Waals surface area contributed by atoms with Crippen LogP contribution in [0.2, 0.25) is 0 Å². The minimum absolute atomic E-state index is 0.728. The highest BCUT2D eigenvalue weighted by atomic mass is 28.3. The second-order valence-electron chi connectivity index (χ2n) is 2.65. The second kappa shape index (κ2) is 5.91. The Bertz CT molecular complexity index is 220. The Morgan fingerprint density at radius 1 is 1.00 bits per heavy atom. The molecule has 0 bridgehead atoms. The number of hydrogen-bond donors (Lipinski definition) is 0. The molecule has 1 aromatic carbocycles. The van der Waals surface area contributed by atoms with Crippen LogP contribution >= 0.6 is 0 Å². The summed E-state index contributed by atoms with van der Waals surface area (Å²) in [6.07, 6.45) is 0. The van der Waals surface area contributed by atoms with E-state index in [4.69, 9.17) is 8.85 Å². The highest BCUT2D eigenvalue weighted by Crippen LogP contribution is 1.92. The summed E-state index contributed by atoms with van der Waals surface area (Å²) >= 11 is 0. The van der Waals surface area contributed by atoms with Crippen LogP contribution in [0.3, 0.4) is 0 Å². The molecule has 0 aliphatic heterocycles. The van der Waals surface area contributed by atoms with Crippen LogP contribution in [-0.4, -0.2) is 22.5 Å². The van der Waals surface area contributed by atoms with Crippen LogP contribution in [0.5, 0.6) is 0 Å². The van der Waals surface area contributed by atoms with Gasteiger partial charge in [0.2, 0.25) is 0 Å². The van der Waals surface area contributed by atoms with E-state index in [2.05, 4.69) is 12.1 Å². The predicted molar refractivity (Wildman–Crippen MR) is 56.5 cm³/mol. The molecule has 0 N–H and O–H groups in total. The first-order valence-electron chi connectivity index (χ1n) is 4.66. The molecule has 3 heteroatoms. The highest BCUT2D eigenvalue weighted by molar-refractivity contribution is 6.61. The van der Waals surface area contributed by atoms with Gasteiger partial charge in [-0.25, -0.2) is 0 Å². The van der Waals surface area contributed by atoms with Gasteiger partial charge >= 0.3 is 9.28 Å². The van der Waals surface area contributed by atoms with Crippen LogP contribution in [0.4, 0.5) is 0 Å². The normalized spacial score (nSPS) is 10.7. The fourth-order valence-electron chi connectivity index (χ4n) is 1.15. The van der Waals surface area contributed by atoms with Gasteiger partial charge < -0.3 is 8.85 Å². The van der Waals surface area contributed by atoms with Gasteiger partial charge in [0.05, 0.1) is 0 Å². The quantitative estimate of drug-likeness (QED) is 0.659. The first-order chi connectivity index (χ1) is 6.38. The summed E-state index contributed by atoms with van der Waals surface area (Å²) in [5.74, 6) is 0. The number of benzene rings is 1. The molecule has 0 aliphatic rings. The first-order valence-corrected chi connectivity index (χ1v) is 6.18. The van der Waals surface area contributed by atoms with E-state index in [9.17, 15) is 0 Å². The summed E-state index contributed by atoms with van der Waals surface area (Å²) in [5, 5.41) is 1.21. The van der Waals surface area contributed by atoms with Crippen LogP contribution in [0, 0.1) is 0 Å². The molecule has 0 aliphatic carbocycles. The fourth-order valence-corrected chi connectivity index (χ4v) is 2.78. The van der Waals surface area contributed by atoms with E-state index in [-0.39, 0.29) is 0 Å². The van der Waals surface area contributed by atoms with Gasteiger partial charge in [0.1, 0.15) is 0 Å². The van der Waals surface area contributed by atoms with Crippen molar-refractivity contribution in [3.63, 3.8) is 0 Å². The average molecular weight is 196 g/mol. The molecule has 0 fully saturated rings. The zero-order valence-electron chi connectivity index (χ0n) is 8.19. The lowest BCUT2D eigenvalue weighted by atomic mass is 10.4. The summed E-state index contributed by atoms with van der Waals surface area (Å²) in [4.78, 5) is 0. The van der Waals surface area contributed by atoms with E-state index < -0.39 is 9.28 Å². The maximum absolute atomic E-state index is 5.59. The molecule has 2 nitrogen and oxygen atoms in total. The number of hydrogen-bond acceptors (Lipinski definition) is 2. The van der Waals surface area contributed by atoms with Gasteiger partial charge in [-0.1, -0.05) is 30.3 Å². The second-order valence-corrected chi connectivity index (χ2v) is 4.65. The minimum atomic E-state index is -1.59. The van der Waals surface area contributed by atoms with E-state index in [1.54, 1.807) is 0 Å². The van der Waals surface area contributed by atoms with Gasteiger partial charge in [0.15, 0.2) is 0 Å². The highest BCUT2D eigenvalue weighted by Gasteiger charge is 2.13. The van der Waals surface area contributed by atoms with Crippen molar-refractivity contribution in [2.24, 2.45) is 0 Å². The van der Waals surface area contributed by atoms with Gasteiger partial charge in [0, 0.05) is 13.2 Å². The molecule has 0 atom stereocenters. The molecule has 0 heterocycles. The zero-order chi connectivity index (χ0) is 9.52. The van der Waals surface area contributed by atoms with Gasteiger partial charge in [-0.05, 0) is 19.0 Å². The van der Waals surface area contributed by atoms with Crippen molar-refractivity contribution in [1.82, 2.24) is 0 Å². The summed E-state index contributed by atoms with van der Waals surface area (Å²) in [6, 6.07) is 10.2. The Labute approximate surface area is 81.3 Å². The molecule has 1 aromatic rings. The molecule has 0 amide bonds. The van der Waals surface area contributed by atoms with Crippen molar-refractivity contribution in [1.29, 1.82) is 0 Å². The minimum Gasteiger partial charge on any atom is -0.394 e. The molecule has 0 unspecified atom stereocenters. The molecule has 72 valence electrons. The molecular formula is C10H16O2Si. The maximum Gasteiger partial charge on any atom is 0.355 e. The molecule has 13 heavy (non-hydrogen) atoms. The summed E-state index contributed by atoms with van der Waals surface area (Å²) < 4.78 is 11.2. The van der Waals surface area contributed by atoms with Crippen LogP contribution in [0.25, 0.3) is 0 Å². The lowest BCUT2D eigenvalue weighted by Gasteiger charge is -2.14. The monoisotopic (exact) mass is 196 g/mol. The van der Waals surface area contributed by atoms with E-state index in [1.807, 2.05) is 32.0 Å². The average Bonchev–Trinajstić information content (AvgIpc) is 2.19. The first kappa shape index (κ1) is 10.4. The van der Waals surface area contributed by atoms with E-state index in [1.165, 1.54) is 5.19 Å². The Hall–Kier alpha value is -0.643. The van der Waals surface area contributed by atoms with E-state index in [0.29, 0.717) is 0 Å². The molecule has 0 saturated carbocycles. The van der Waals surface area contributed by atoms with E-state index in [0.717, 1.165) is 13.2 Å². The van der Waals surface area contributed by atoms with E-state index >= 15 is 0 Å². The fraction of sp³-hybridized carbons (Fsp3) is 0.400. The smallest absolute Gasteiger partial charge is 0.355 e. The van der Waals surface area contributed by atoms with Crippen molar-refractivity contribution in [2.75, 3.05) is 13.2 Å². The predicted octanol–water partition coefficient (Wildman–Crippen LogP) is 1.19. The van der Waals surface area contributed by atoms with Crippen LogP contribution in [-0.2, 0) is 8.85 Å². The Morgan fingerprint density at radius 2 is 1.54 bits per heavy atom. The molecule has 0 aromatic heterocycles. The van der Waals surface area contributed by atoms with Gasteiger partial charge in [-0.3, -0.25) is 0 Å². The SMILES string of the molecule is CCO[SiH](OCC)c1ccccc1. The summed E-state index contributed by atoms with van der Waals surface area (Å²) in [5.41, 5.74) is 0. The lowest BCUT2D eigenvalue weighted by molar-refractivity contribution is 0.225. The zero-order valence-corrected chi connectivity index (χ0v) is 9.35. The van der Waals surface area contributed by atoms with Crippen molar-refractivity contribution in [3.8, 4) is 0 Å². The van der Waals surface area contributed by atoms with Gasteiger partial charge in [0.25, 0.3) is 0 Å². The largest absolute Gasteiger partial charge is 0.394 e. The standard InChI is InChI=1S/C10H16O2Si/c1-3-11-13(12-4-2)10-8-6-5-7-9-10/h5-9,13H,3-4H2,1-2H3. The maximum atomic E-state index is 5.59. The molecular weight excluding hydrogens is 180 g/mol. The van der Waals surface area contributed by atoms with Crippen molar-refractivity contribution in [3.05, 3.63) is 30.3 Å². The summed E-state index contributed by atoms with van der Waals surface area (Å²) in [7, 11) is -1.59. The Morgan fingerprint density at radius 3 is 2.00 bits per heavy atom. The Kier molecular flexibility index (Phi) is 4.75. The van der Waals surface area contributed by atoms with Crippen LogP contribution in [0.1, 0.15) is 13.8 Å². The van der Waals surface area contributed by atoms with Crippen LogP contribution < -0.4 is 5.19 Å². The lowest BCUT2D eigenvalue weighted by Crippen LogP contribution is -2.36. The number of rotatable bonds is 5. The third kappa shape index (κ3) is 3.30. The third-order valence-corrected chi connectivity index (χ3v) is 3.91. The van der Waals surface area contributed by atoms with Crippen molar-refractivity contribution >= 4 is 14.5 Å². The summed E-state index contributed by atoms with van der Waals surface area (Å²) in [6.45, 7) is 5.46. The Balaban J connectivity index is 2.64. The van der Waals surface area contributed by atoms with Crippen LogP contribution in [0.15, 0.2) is 30.3 Å². The molecule has 0 saturated heterocycles. The van der Waals surface area contributed by atoms with Gasteiger partial charge in [-0.15, -0.1) is 0 Å².